The number of rotatable bonds is 3. The minimum absolute atomic E-state index is 0.0404. The van der Waals surface area contributed by atoms with Crippen LogP contribution in [0.2, 0.25) is 0 Å². The summed E-state index contributed by atoms with van der Waals surface area (Å²) in [5.41, 5.74) is 1.08. The van der Waals surface area contributed by atoms with Gasteiger partial charge in [0.1, 0.15) is 0 Å². The molecule has 2 aromatic rings. The monoisotopic (exact) mass is 363 g/mol. The van der Waals surface area contributed by atoms with E-state index in [1.807, 2.05) is 4.90 Å². The molecule has 0 bridgehead atoms. The minimum Gasteiger partial charge on any atom is -0.342 e. The van der Waals surface area contributed by atoms with Crippen LogP contribution in [0.15, 0.2) is 10.6 Å². The summed E-state index contributed by atoms with van der Waals surface area (Å²) in [5.74, 6) is 0.317. The molecule has 2 aromatic heterocycles. The molecule has 1 saturated carbocycles. The molecule has 7 heteroatoms. The van der Waals surface area contributed by atoms with Gasteiger partial charge in [-0.25, -0.2) is 13.8 Å². The summed E-state index contributed by atoms with van der Waals surface area (Å²) in [5, 5.41) is 4.09. The number of piperidine rings is 1. The molecular weight excluding hydrogens is 340 g/mol. The van der Waals surface area contributed by atoms with Gasteiger partial charge in [-0.05, 0) is 38.7 Å². The van der Waals surface area contributed by atoms with Crippen molar-refractivity contribution in [3.63, 3.8) is 0 Å². The van der Waals surface area contributed by atoms with Crippen molar-refractivity contribution < 1.29 is 18.1 Å². The summed E-state index contributed by atoms with van der Waals surface area (Å²) in [4.78, 5) is 19.1. The molecule has 0 aromatic carbocycles. The topological polar surface area (TPSA) is 59.2 Å². The van der Waals surface area contributed by atoms with Gasteiger partial charge in [0.25, 0.3) is 12.1 Å². The molecular formula is C19H23F2N3O2. The Hall–Kier alpha value is -2.05. The second-order valence-electron chi connectivity index (χ2n) is 7.49. The molecule has 26 heavy (non-hydrogen) atoms. The van der Waals surface area contributed by atoms with Crippen molar-refractivity contribution in [2.24, 2.45) is 5.92 Å². The average molecular weight is 363 g/mol. The van der Waals surface area contributed by atoms with Crippen molar-refractivity contribution >= 4 is 17.0 Å². The molecule has 0 radical (unpaired) electrons. The highest BCUT2D eigenvalue weighted by molar-refractivity contribution is 5.81. The van der Waals surface area contributed by atoms with E-state index in [1.165, 1.54) is 6.07 Å². The molecule has 0 unspecified atom stereocenters. The van der Waals surface area contributed by atoms with Gasteiger partial charge in [-0.15, -0.1) is 0 Å². The van der Waals surface area contributed by atoms with E-state index in [1.54, 1.807) is 6.92 Å². The zero-order valence-electron chi connectivity index (χ0n) is 14.9. The summed E-state index contributed by atoms with van der Waals surface area (Å²) in [6.45, 7) is 2.93. The fraction of sp³-hybridized carbons (Fsp3) is 0.632. The van der Waals surface area contributed by atoms with E-state index in [-0.39, 0.29) is 29.0 Å². The summed E-state index contributed by atoms with van der Waals surface area (Å²) < 4.78 is 32.3. The van der Waals surface area contributed by atoms with Gasteiger partial charge in [-0.1, -0.05) is 18.0 Å². The first-order valence-electron chi connectivity index (χ1n) is 9.38. The molecule has 140 valence electrons. The molecule has 1 amide bonds. The second kappa shape index (κ2) is 6.93. The molecule has 1 aliphatic heterocycles. The zero-order valence-corrected chi connectivity index (χ0v) is 14.9. The highest BCUT2D eigenvalue weighted by Gasteiger charge is 2.32. The number of carbonyl (C=O) groups excluding carboxylic acids is 1. The third kappa shape index (κ3) is 3.08. The van der Waals surface area contributed by atoms with Gasteiger partial charge in [0.15, 0.2) is 0 Å². The second-order valence-corrected chi connectivity index (χ2v) is 7.49. The minimum atomic E-state index is -2.61. The van der Waals surface area contributed by atoms with Gasteiger partial charge in [0.05, 0.1) is 11.1 Å². The molecule has 3 heterocycles. The van der Waals surface area contributed by atoms with Crippen LogP contribution in [0.25, 0.3) is 11.1 Å². The highest BCUT2D eigenvalue weighted by Crippen LogP contribution is 2.35. The lowest BCUT2D eigenvalue weighted by molar-refractivity contribution is -0.136. The first-order chi connectivity index (χ1) is 12.5. The lowest BCUT2D eigenvalue weighted by atomic mass is 9.92. The van der Waals surface area contributed by atoms with Crippen LogP contribution >= 0.6 is 0 Å². The number of alkyl halides is 2. The third-order valence-corrected chi connectivity index (χ3v) is 5.76. The number of aryl methyl sites for hydroxylation is 1. The Balaban J connectivity index is 1.61. The molecule has 0 spiro atoms. The van der Waals surface area contributed by atoms with Crippen molar-refractivity contribution in [3.8, 4) is 0 Å². The van der Waals surface area contributed by atoms with E-state index < -0.39 is 6.43 Å². The number of likely N-dealkylation sites (tertiary alicyclic amines) is 1. The van der Waals surface area contributed by atoms with Gasteiger partial charge in [0, 0.05) is 36.2 Å². The van der Waals surface area contributed by atoms with Crippen LogP contribution in [-0.2, 0) is 4.79 Å². The Bertz CT molecular complexity index is 814. The van der Waals surface area contributed by atoms with E-state index in [9.17, 15) is 13.6 Å². The maximum absolute atomic E-state index is 13.5. The van der Waals surface area contributed by atoms with E-state index in [4.69, 9.17) is 4.52 Å². The highest BCUT2D eigenvalue weighted by atomic mass is 19.3. The Kier molecular flexibility index (Phi) is 4.63. The Labute approximate surface area is 150 Å². The normalized spacial score (nSPS) is 21.8. The van der Waals surface area contributed by atoms with E-state index in [2.05, 4.69) is 10.1 Å². The molecule has 0 N–H and O–H groups in total. The zero-order chi connectivity index (χ0) is 18.3. The van der Waals surface area contributed by atoms with Crippen LogP contribution in [0.5, 0.6) is 0 Å². The van der Waals surface area contributed by atoms with E-state index >= 15 is 0 Å². The van der Waals surface area contributed by atoms with Crippen LogP contribution in [0.3, 0.4) is 0 Å². The number of pyridine rings is 1. The Morgan fingerprint density at radius 2 is 2.04 bits per heavy atom. The van der Waals surface area contributed by atoms with Gasteiger partial charge in [-0.2, -0.15) is 0 Å². The number of amides is 1. The standard InChI is InChI=1S/C19H23F2N3O2/c1-11-16-14(17(20)21)9-15(22-18(16)26-23-11)13-7-4-8-24(10-13)19(25)12-5-2-3-6-12/h9,12-13,17H,2-8,10H2,1H3/t13-/m1/s1. The fourth-order valence-electron chi connectivity index (χ4n) is 4.38. The smallest absolute Gasteiger partial charge is 0.264 e. The molecule has 2 aliphatic rings. The Morgan fingerprint density at radius 1 is 1.27 bits per heavy atom. The van der Waals surface area contributed by atoms with Crippen LogP contribution < -0.4 is 0 Å². The van der Waals surface area contributed by atoms with Crippen LogP contribution in [0, 0.1) is 12.8 Å². The van der Waals surface area contributed by atoms with Gasteiger partial charge in [-0.3, -0.25) is 4.79 Å². The summed E-state index contributed by atoms with van der Waals surface area (Å²) >= 11 is 0. The first-order valence-corrected chi connectivity index (χ1v) is 9.38. The van der Waals surface area contributed by atoms with Crippen molar-refractivity contribution in [2.75, 3.05) is 13.1 Å². The van der Waals surface area contributed by atoms with Gasteiger partial charge in [0.2, 0.25) is 5.91 Å². The average Bonchev–Trinajstić information content (AvgIpc) is 3.31. The van der Waals surface area contributed by atoms with Crippen molar-refractivity contribution in [3.05, 3.63) is 23.0 Å². The largest absolute Gasteiger partial charge is 0.342 e. The number of halogens is 2. The maximum atomic E-state index is 13.5. The lowest BCUT2D eigenvalue weighted by Crippen LogP contribution is -2.42. The molecule has 2 fully saturated rings. The molecule has 1 aliphatic carbocycles. The summed E-state index contributed by atoms with van der Waals surface area (Å²) in [7, 11) is 0. The van der Waals surface area contributed by atoms with Crippen molar-refractivity contribution in [2.45, 2.75) is 57.8 Å². The molecule has 5 nitrogen and oxygen atoms in total. The van der Waals surface area contributed by atoms with E-state index in [0.717, 1.165) is 45.1 Å². The number of nitrogens with zero attached hydrogens (tertiary/aromatic N) is 3. The number of fused-ring (bicyclic) bond motifs is 1. The lowest BCUT2D eigenvalue weighted by Gasteiger charge is -2.34. The Morgan fingerprint density at radius 3 is 2.77 bits per heavy atom. The fourth-order valence-corrected chi connectivity index (χ4v) is 4.38. The van der Waals surface area contributed by atoms with Crippen LogP contribution in [-0.4, -0.2) is 34.0 Å². The predicted molar refractivity (Wildman–Crippen MR) is 92.0 cm³/mol. The number of carbonyl (C=O) groups is 1. The quantitative estimate of drug-likeness (QED) is 0.813. The molecule has 4 rings (SSSR count). The van der Waals surface area contributed by atoms with E-state index in [0.29, 0.717) is 23.3 Å². The third-order valence-electron chi connectivity index (χ3n) is 5.76. The van der Waals surface area contributed by atoms with Crippen molar-refractivity contribution in [1.82, 2.24) is 15.0 Å². The number of hydrogen-bond donors (Lipinski definition) is 0. The number of aromatic nitrogens is 2. The first kappa shape index (κ1) is 17.4. The van der Waals surface area contributed by atoms with Crippen molar-refractivity contribution in [1.29, 1.82) is 0 Å². The SMILES string of the molecule is Cc1noc2nc([C@@H]3CCCN(C(=O)C4CCCC4)C3)cc(C(F)F)c12. The predicted octanol–water partition coefficient (Wildman–Crippen LogP) is 4.37. The maximum Gasteiger partial charge on any atom is 0.264 e. The van der Waals surface area contributed by atoms with Gasteiger partial charge < -0.3 is 9.42 Å². The van der Waals surface area contributed by atoms with Crippen LogP contribution in [0.4, 0.5) is 8.78 Å². The number of hydrogen-bond acceptors (Lipinski definition) is 4. The molecule has 1 saturated heterocycles. The summed E-state index contributed by atoms with van der Waals surface area (Å²) in [6, 6.07) is 1.48. The molecule has 1 atom stereocenters. The van der Waals surface area contributed by atoms with Gasteiger partial charge >= 0.3 is 0 Å². The summed E-state index contributed by atoms with van der Waals surface area (Å²) in [6.07, 6.45) is 3.26. The van der Waals surface area contributed by atoms with Crippen LogP contribution in [0.1, 0.15) is 67.8 Å².